The molecule has 68 valence electrons. The van der Waals surface area contributed by atoms with Crippen LogP contribution >= 0.6 is 0 Å². The first kappa shape index (κ1) is 10.7. The fourth-order valence-electron chi connectivity index (χ4n) is 0.746. The molecule has 0 aliphatic heterocycles. The number of rotatable bonds is 6. The van der Waals surface area contributed by atoms with E-state index in [0.29, 0.717) is 19.4 Å². The van der Waals surface area contributed by atoms with Gasteiger partial charge >= 0.3 is 5.97 Å². The SMILES string of the molecule is [N-]=[N+]=NCCCC(O)CC(=O)O. The number of aliphatic hydroxyl groups excluding tert-OH is 1. The molecule has 0 fully saturated rings. The van der Waals surface area contributed by atoms with Gasteiger partial charge in [-0.3, -0.25) is 4.79 Å². The Bertz CT molecular complexity index is 188. The second kappa shape index (κ2) is 6.45. The molecule has 1 unspecified atom stereocenters. The minimum Gasteiger partial charge on any atom is -0.481 e. The van der Waals surface area contributed by atoms with Gasteiger partial charge in [0.1, 0.15) is 0 Å². The second-order valence-corrected chi connectivity index (χ2v) is 2.35. The number of aliphatic carboxylic acids is 1. The van der Waals surface area contributed by atoms with Gasteiger partial charge in [-0.1, -0.05) is 5.11 Å². The normalized spacial score (nSPS) is 11.8. The van der Waals surface area contributed by atoms with E-state index >= 15 is 0 Å². The number of carboxylic acids is 1. The van der Waals surface area contributed by atoms with E-state index in [9.17, 15) is 4.79 Å². The Kier molecular flexibility index (Phi) is 5.77. The molecule has 0 saturated carbocycles. The molecule has 0 bridgehead atoms. The molecule has 0 aromatic rings. The maximum absolute atomic E-state index is 10.1. The van der Waals surface area contributed by atoms with Crippen molar-refractivity contribution in [2.45, 2.75) is 25.4 Å². The smallest absolute Gasteiger partial charge is 0.305 e. The molecule has 0 heterocycles. The van der Waals surface area contributed by atoms with Gasteiger partial charge in [0.15, 0.2) is 0 Å². The lowest BCUT2D eigenvalue weighted by atomic mass is 10.1. The summed E-state index contributed by atoms with van der Waals surface area (Å²) in [5, 5.41) is 20.5. The second-order valence-electron chi connectivity index (χ2n) is 2.35. The van der Waals surface area contributed by atoms with Crippen LogP contribution in [0.2, 0.25) is 0 Å². The first-order valence-corrected chi connectivity index (χ1v) is 3.57. The lowest BCUT2D eigenvalue weighted by Crippen LogP contribution is -2.12. The molecule has 2 N–H and O–H groups in total. The van der Waals surface area contributed by atoms with Crippen molar-refractivity contribution in [1.82, 2.24) is 0 Å². The van der Waals surface area contributed by atoms with Gasteiger partial charge in [0.2, 0.25) is 0 Å². The van der Waals surface area contributed by atoms with E-state index < -0.39 is 12.1 Å². The van der Waals surface area contributed by atoms with Crippen molar-refractivity contribution in [3.63, 3.8) is 0 Å². The minimum absolute atomic E-state index is 0.254. The van der Waals surface area contributed by atoms with Crippen LogP contribution < -0.4 is 0 Å². The molecule has 0 aromatic heterocycles. The van der Waals surface area contributed by atoms with Gasteiger partial charge < -0.3 is 10.2 Å². The van der Waals surface area contributed by atoms with E-state index in [1.165, 1.54) is 0 Å². The van der Waals surface area contributed by atoms with E-state index in [2.05, 4.69) is 10.0 Å². The molecule has 0 radical (unpaired) electrons. The number of hydrogen-bond acceptors (Lipinski definition) is 3. The highest BCUT2D eigenvalue weighted by Gasteiger charge is 2.07. The summed E-state index contributed by atoms with van der Waals surface area (Å²) >= 11 is 0. The number of aliphatic hydroxyl groups is 1. The van der Waals surface area contributed by atoms with Gasteiger partial charge in [0, 0.05) is 11.5 Å². The quantitative estimate of drug-likeness (QED) is 0.270. The van der Waals surface area contributed by atoms with Crippen LogP contribution in [0.5, 0.6) is 0 Å². The Balaban J connectivity index is 3.36. The molecule has 0 aliphatic rings. The zero-order valence-electron chi connectivity index (χ0n) is 6.55. The van der Waals surface area contributed by atoms with Crippen molar-refractivity contribution in [2.24, 2.45) is 5.11 Å². The van der Waals surface area contributed by atoms with E-state index in [4.69, 9.17) is 15.7 Å². The van der Waals surface area contributed by atoms with Crippen molar-refractivity contribution in [1.29, 1.82) is 0 Å². The molecule has 0 aromatic carbocycles. The maximum atomic E-state index is 10.1. The molecular formula is C6H11N3O3. The first-order chi connectivity index (χ1) is 5.66. The fraction of sp³-hybridized carbons (Fsp3) is 0.833. The Labute approximate surface area is 69.4 Å². The summed E-state index contributed by atoms with van der Waals surface area (Å²) in [6.45, 7) is 0.299. The van der Waals surface area contributed by atoms with Gasteiger partial charge in [-0.05, 0) is 18.4 Å². The molecule has 1 atom stereocenters. The monoisotopic (exact) mass is 173 g/mol. The average Bonchev–Trinajstić information content (AvgIpc) is 1.97. The van der Waals surface area contributed by atoms with Crippen LogP contribution in [0.3, 0.4) is 0 Å². The Morgan fingerprint density at radius 3 is 2.83 bits per heavy atom. The summed E-state index contributed by atoms with van der Waals surface area (Å²) in [5.74, 6) is -1.02. The van der Waals surface area contributed by atoms with Gasteiger partial charge in [-0.2, -0.15) is 0 Å². The van der Waals surface area contributed by atoms with Gasteiger partial charge in [0.25, 0.3) is 0 Å². The minimum atomic E-state index is -1.02. The lowest BCUT2D eigenvalue weighted by Gasteiger charge is -2.04. The first-order valence-electron chi connectivity index (χ1n) is 3.57. The van der Waals surface area contributed by atoms with E-state index in [1.54, 1.807) is 0 Å². The van der Waals surface area contributed by atoms with Crippen molar-refractivity contribution >= 4 is 5.97 Å². The molecular weight excluding hydrogens is 162 g/mol. The molecule has 12 heavy (non-hydrogen) atoms. The Hall–Kier alpha value is -1.26. The van der Waals surface area contributed by atoms with Gasteiger partial charge in [-0.15, -0.1) is 0 Å². The number of azide groups is 1. The van der Waals surface area contributed by atoms with Gasteiger partial charge in [-0.25, -0.2) is 0 Å². The van der Waals surface area contributed by atoms with Crippen LogP contribution in [-0.4, -0.2) is 28.8 Å². The van der Waals surface area contributed by atoms with Crippen molar-refractivity contribution in [2.75, 3.05) is 6.54 Å². The summed E-state index contributed by atoms with van der Waals surface area (Å²) in [6.07, 6.45) is -0.225. The third-order valence-electron chi connectivity index (χ3n) is 1.27. The third kappa shape index (κ3) is 6.85. The maximum Gasteiger partial charge on any atom is 0.305 e. The van der Waals surface area contributed by atoms with Crippen LogP contribution in [0.15, 0.2) is 5.11 Å². The number of nitrogens with zero attached hydrogens (tertiary/aromatic N) is 3. The molecule has 0 rings (SSSR count). The summed E-state index contributed by atoms with van der Waals surface area (Å²) in [4.78, 5) is 12.6. The zero-order valence-corrected chi connectivity index (χ0v) is 6.55. The lowest BCUT2D eigenvalue weighted by molar-refractivity contribution is -0.139. The van der Waals surface area contributed by atoms with Crippen LogP contribution in [0, 0.1) is 0 Å². The van der Waals surface area contributed by atoms with E-state index in [0.717, 1.165) is 0 Å². The molecule has 0 aliphatic carbocycles. The standard InChI is InChI=1S/C6H11N3O3/c7-9-8-3-1-2-5(10)4-6(11)12/h5,10H,1-4H2,(H,11,12). The van der Waals surface area contributed by atoms with Crippen molar-refractivity contribution in [3.05, 3.63) is 10.4 Å². The summed E-state index contributed by atoms with van der Waals surface area (Å²) < 4.78 is 0. The highest BCUT2D eigenvalue weighted by atomic mass is 16.4. The highest BCUT2D eigenvalue weighted by Crippen LogP contribution is 2.01. The summed E-state index contributed by atoms with van der Waals surface area (Å²) in [7, 11) is 0. The number of hydrogen-bond donors (Lipinski definition) is 2. The predicted octanol–water partition coefficient (Wildman–Crippen LogP) is 0.913. The number of carboxylic acid groups (broad SMARTS) is 1. The molecule has 6 nitrogen and oxygen atoms in total. The summed E-state index contributed by atoms with van der Waals surface area (Å²) in [6, 6.07) is 0. The molecule has 0 spiro atoms. The van der Waals surface area contributed by atoms with E-state index in [-0.39, 0.29) is 6.42 Å². The Morgan fingerprint density at radius 1 is 1.67 bits per heavy atom. The van der Waals surface area contributed by atoms with E-state index in [1.807, 2.05) is 0 Å². The summed E-state index contributed by atoms with van der Waals surface area (Å²) in [5.41, 5.74) is 7.88. The predicted molar refractivity (Wildman–Crippen MR) is 41.5 cm³/mol. The number of carbonyl (C=O) groups is 1. The van der Waals surface area contributed by atoms with Crippen LogP contribution in [-0.2, 0) is 4.79 Å². The average molecular weight is 173 g/mol. The largest absolute Gasteiger partial charge is 0.481 e. The van der Waals surface area contributed by atoms with Crippen LogP contribution in [0.1, 0.15) is 19.3 Å². The van der Waals surface area contributed by atoms with Crippen molar-refractivity contribution in [3.8, 4) is 0 Å². The van der Waals surface area contributed by atoms with Crippen LogP contribution in [0.4, 0.5) is 0 Å². The van der Waals surface area contributed by atoms with Crippen LogP contribution in [0.25, 0.3) is 10.4 Å². The Morgan fingerprint density at radius 2 is 2.33 bits per heavy atom. The third-order valence-corrected chi connectivity index (χ3v) is 1.27. The molecule has 0 amide bonds. The molecule has 0 saturated heterocycles. The van der Waals surface area contributed by atoms with Gasteiger partial charge in [0.05, 0.1) is 12.5 Å². The molecule has 6 heteroatoms. The fourth-order valence-corrected chi connectivity index (χ4v) is 0.746. The zero-order chi connectivity index (χ0) is 9.40. The highest BCUT2D eigenvalue weighted by molar-refractivity contribution is 5.67. The van der Waals surface area contributed by atoms with Crippen molar-refractivity contribution < 1.29 is 15.0 Å². The topological polar surface area (TPSA) is 106 Å².